The lowest BCUT2D eigenvalue weighted by Gasteiger charge is -2.17. The first kappa shape index (κ1) is 9.06. The number of nitrogens with zero attached hydrogens (tertiary/aromatic N) is 1. The third kappa shape index (κ3) is 1.30. The minimum Gasteiger partial charge on any atom is -0.321 e. The monoisotopic (exact) mass is 169 g/mol. The van der Waals surface area contributed by atoms with Crippen molar-refractivity contribution >= 4 is 0 Å². The molecule has 1 rings (SSSR count). The summed E-state index contributed by atoms with van der Waals surface area (Å²) >= 11 is 0. The van der Waals surface area contributed by atoms with Crippen molar-refractivity contribution in [2.24, 2.45) is 12.8 Å². The molecule has 3 N–H and O–H groups in total. The van der Waals surface area contributed by atoms with Crippen LogP contribution < -0.4 is 11.3 Å². The van der Waals surface area contributed by atoms with E-state index in [0.29, 0.717) is 5.56 Å². The molecular weight excluding hydrogens is 154 g/mol. The third-order valence-corrected chi connectivity index (χ3v) is 1.92. The first-order valence-corrected chi connectivity index (χ1v) is 3.89. The van der Waals surface area contributed by atoms with Gasteiger partial charge in [0, 0.05) is 12.6 Å². The summed E-state index contributed by atoms with van der Waals surface area (Å²) in [4.78, 5) is 11.3. The Morgan fingerprint density at radius 2 is 2.00 bits per heavy atom. The SMILES string of the molecule is Cc1c(C(C)(C)N)[nH]n(C)c1=O. The molecule has 1 heterocycles. The highest BCUT2D eigenvalue weighted by Crippen LogP contribution is 2.15. The molecule has 0 aliphatic rings. The fraction of sp³-hybridized carbons (Fsp3) is 0.625. The second kappa shape index (κ2) is 2.48. The van der Waals surface area contributed by atoms with E-state index in [0.717, 1.165) is 5.69 Å². The highest BCUT2D eigenvalue weighted by atomic mass is 16.1. The number of hydrogen-bond acceptors (Lipinski definition) is 2. The van der Waals surface area contributed by atoms with Gasteiger partial charge >= 0.3 is 0 Å². The zero-order valence-corrected chi connectivity index (χ0v) is 7.93. The molecule has 1 aromatic heterocycles. The van der Waals surface area contributed by atoms with Gasteiger partial charge in [-0.15, -0.1) is 0 Å². The molecule has 0 aliphatic carbocycles. The smallest absolute Gasteiger partial charge is 0.269 e. The van der Waals surface area contributed by atoms with E-state index in [2.05, 4.69) is 5.10 Å². The van der Waals surface area contributed by atoms with Gasteiger partial charge in [0.2, 0.25) is 0 Å². The minimum absolute atomic E-state index is 0.0106. The second-order valence-electron chi connectivity index (χ2n) is 3.70. The quantitative estimate of drug-likeness (QED) is 0.631. The van der Waals surface area contributed by atoms with Gasteiger partial charge < -0.3 is 5.73 Å². The Bertz CT molecular complexity index is 340. The minimum atomic E-state index is -0.482. The first-order chi connectivity index (χ1) is 5.34. The summed E-state index contributed by atoms with van der Waals surface area (Å²) in [5.74, 6) is 0. The topological polar surface area (TPSA) is 63.8 Å². The molecule has 68 valence electrons. The maximum atomic E-state index is 11.3. The zero-order valence-electron chi connectivity index (χ0n) is 7.93. The Balaban J connectivity index is 3.38. The molecule has 4 heteroatoms. The Hall–Kier alpha value is -1.03. The highest BCUT2D eigenvalue weighted by molar-refractivity contribution is 5.21. The summed E-state index contributed by atoms with van der Waals surface area (Å²) in [5, 5.41) is 2.93. The molecule has 0 bridgehead atoms. The van der Waals surface area contributed by atoms with Crippen molar-refractivity contribution < 1.29 is 0 Å². The molecule has 0 amide bonds. The molecule has 1 aromatic rings. The average molecular weight is 169 g/mol. The van der Waals surface area contributed by atoms with Crippen molar-refractivity contribution in [3.63, 3.8) is 0 Å². The number of rotatable bonds is 1. The van der Waals surface area contributed by atoms with E-state index < -0.39 is 5.54 Å². The number of nitrogens with two attached hydrogens (primary N) is 1. The summed E-state index contributed by atoms with van der Waals surface area (Å²) < 4.78 is 1.44. The fourth-order valence-corrected chi connectivity index (χ4v) is 1.29. The molecule has 0 atom stereocenters. The summed E-state index contributed by atoms with van der Waals surface area (Å²) in [6.07, 6.45) is 0. The van der Waals surface area contributed by atoms with Crippen molar-refractivity contribution in [1.29, 1.82) is 0 Å². The van der Waals surface area contributed by atoms with Crippen LogP contribution in [0.2, 0.25) is 0 Å². The molecular formula is C8H15N3O. The molecule has 0 unspecified atom stereocenters. The number of H-pyrrole nitrogens is 1. The van der Waals surface area contributed by atoms with Gasteiger partial charge in [-0.1, -0.05) is 0 Å². The number of aryl methyl sites for hydroxylation is 1. The number of aromatic nitrogens is 2. The predicted octanol–water partition coefficient (Wildman–Crippen LogP) is 0.216. The van der Waals surface area contributed by atoms with E-state index in [1.54, 1.807) is 14.0 Å². The van der Waals surface area contributed by atoms with Gasteiger partial charge in [0.15, 0.2) is 0 Å². The summed E-state index contributed by atoms with van der Waals surface area (Å²) in [5.41, 5.74) is 6.86. The van der Waals surface area contributed by atoms with Gasteiger partial charge in [-0.3, -0.25) is 14.6 Å². The largest absolute Gasteiger partial charge is 0.321 e. The summed E-state index contributed by atoms with van der Waals surface area (Å²) in [6, 6.07) is 0. The highest BCUT2D eigenvalue weighted by Gasteiger charge is 2.21. The van der Waals surface area contributed by atoms with Crippen molar-refractivity contribution in [1.82, 2.24) is 9.78 Å². The summed E-state index contributed by atoms with van der Waals surface area (Å²) in [6.45, 7) is 5.51. The van der Waals surface area contributed by atoms with E-state index in [1.807, 2.05) is 13.8 Å². The van der Waals surface area contributed by atoms with Crippen molar-refractivity contribution in [2.75, 3.05) is 0 Å². The number of nitrogens with one attached hydrogen (secondary N) is 1. The Kier molecular flexibility index (Phi) is 1.88. The van der Waals surface area contributed by atoms with E-state index in [1.165, 1.54) is 4.68 Å². The van der Waals surface area contributed by atoms with Gasteiger partial charge in [-0.05, 0) is 20.8 Å². The van der Waals surface area contributed by atoms with Crippen LogP contribution >= 0.6 is 0 Å². The van der Waals surface area contributed by atoms with Crippen LogP contribution in [0.3, 0.4) is 0 Å². The zero-order chi connectivity index (χ0) is 9.52. The van der Waals surface area contributed by atoms with Crippen molar-refractivity contribution in [3.8, 4) is 0 Å². The second-order valence-corrected chi connectivity index (χ2v) is 3.70. The van der Waals surface area contributed by atoms with Crippen LogP contribution in [0, 0.1) is 6.92 Å². The number of hydrogen-bond donors (Lipinski definition) is 2. The normalized spacial score (nSPS) is 12.1. The van der Waals surface area contributed by atoms with Crippen LogP contribution in [0.5, 0.6) is 0 Å². The van der Waals surface area contributed by atoms with Gasteiger partial charge in [0.25, 0.3) is 5.56 Å². The third-order valence-electron chi connectivity index (χ3n) is 1.92. The predicted molar refractivity (Wildman–Crippen MR) is 48.0 cm³/mol. The molecule has 0 fully saturated rings. The van der Waals surface area contributed by atoms with Crippen LogP contribution in [0.15, 0.2) is 4.79 Å². The molecule has 0 aromatic carbocycles. The summed E-state index contributed by atoms with van der Waals surface area (Å²) in [7, 11) is 1.69. The lowest BCUT2D eigenvalue weighted by Crippen LogP contribution is -2.30. The van der Waals surface area contributed by atoms with Crippen molar-refractivity contribution in [2.45, 2.75) is 26.3 Å². The number of aromatic amines is 1. The fourth-order valence-electron chi connectivity index (χ4n) is 1.29. The van der Waals surface area contributed by atoms with Crippen LogP contribution in [0.25, 0.3) is 0 Å². The first-order valence-electron chi connectivity index (χ1n) is 3.89. The van der Waals surface area contributed by atoms with Crippen molar-refractivity contribution in [3.05, 3.63) is 21.6 Å². The van der Waals surface area contributed by atoms with Crippen LogP contribution in [-0.4, -0.2) is 9.78 Å². The maximum Gasteiger partial charge on any atom is 0.269 e. The van der Waals surface area contributed by atoms with E-state index in [9.17, 15) is 4.79 Å². The lowest BCUT2D eigenvalue weighted by molar-refractivity contribution is 0.520. The van der Waals surface area contributed by atoms with E-state index in [-0.39, 0.29) is 5.56 Å². The lowest BCUT2D eigenvalue weighted by atomic mass is 9.99. The molecule has 0 spiro atoms. The molecule has 0 saturated carbocycles. The molecule has 12 heavy (non-hydrogen) atoms. The Morgan fingerprint density at radius 1 is 1.50 bits per heavy atom. The Labute approximate surface area is 71.4 Å². The molecule has 0 radical (unpaired) electrons. The van der Waals surface area contributed by atoms with E-state index >= 15 is 0 Å². The van der Waals surface area contributed by atoms with Gasteiger partial charge in [-0.2, -0.15) is 0 Å². The molecule has 0 aliphatic heterocycles. The van der Waals surface area contributed by atoms with Crippen LogP contribution in [0.4, 0.5) is 0 Å². The standard InChI is InChI=1S/C8H15N3O/c1-5-6(8(2,3)9)10-11(4)7(5)12/h10H,9H2,1-4H3. The van der Waals surface area contributed by atoms with Gasteiger partial charge in [-0.25, -0.2) is 0 Å². The maximum absolute atomic E-state index is 11.3. The van der Waals surface area contributed by atoms with Crippen LogP contribution in [0.1, 0.15) is 25.1 Å². The molecule has 0 saturated heterocycles. The van der Waals surface area contributed by atoms with Gasteiger partial charge in [0.05, 0.1) is 11.2 Å². The average Bonchev–Trinajstić information content (AvgIpc) is 2.15. The molecule has 4 nitrogen and oxygen atoms in total. The van der Waals surface area contributed by atoms with Gasteiger partial charge in [0.1, 0.15) is 0 Å². The van der Waals surface area contributed by atoms with E-state index in [4.69, 9.17) is 5.73 Å². The van der Waals surface area contributed by atoms with Crippen LogP contribution in [-0.2, 0) is 12.6 Å². The Morgan fingerprint density at radius 3 is 2.17 bits per heavy atom.